The zero-order chi connectivity index (χ0) is 8.39. The molecule has 0 bridgehead atoms. The molecule has 0 aliphatic rings. The molecule has 12 heavy (non-hydrogen) atoms. The molecule has 0 aromatic carbocycles. The second-order valence-electron chi connectivity index (χ2n) is 2.20. The maximum Gasteiger partial charge on any atom is 0.390 e. The normalized spacial score (nSPS) is 10.1. The Kier molecular flexibility index (Phi) is 1.75. The van der Waals surface area contributed by atoms with Crippen molar-refractivity contribution in [1.29, 1.82) is 0 Å². The minimum atomic E-state index is 0.439. The van der Waals surface area contributed by atoms with Gasteiger partial charge in [-0.05, 0) is 11.6 Å². The molecule has 4 nitrogen and oxygen atoms in total. The summed E-state index contributed by atoms with van der Waals surface area (Å²) < 4.78 is 1.74. The molecule has 2 heterocycles. The van der Waals surface area contributed by atoms with E-state index in [4.69, 9.17) is 11.6 Å². The van der Waals surface area contributed by atoms with E-state index in [0.717, 1.165) is 0 Å². The van der Waals surface area contributed by atoms with E-state index < -0.39 is 0 Å². The van der Waals surface area contributed by atoms with Gasteiger partial charge in [0.15, 0.2) is 11.5 Å². The number of imidazole rings is 1. The largest absolute Gasteiger partial charge is 0.390 e. The highest BCUT2D eigenvalue weighted by Crippen LogP contribution is 2.00. The van der Waals surface area contributed by atoms with Crippen molar-refractivity contribution in [1.82, 2.24) is 15.0 Å². The van der Waals surface area contributed by atoms with Gasteiger partial charge in [-0.3, -0.25) is 4.98 Å². The molecule has 0 amide bonds. The number of H-pyrrole nitrogens is 1. The van der Waals surface area contributed by atoms with E-state index >= 15 is 0 Å². The fourth-order valence-electron chi connectivity index (χ4n) is 0.866. The van der Waals surface area contributed by atoms with Crippen LogP contribution >= 0.6 is 11.6 Å². The molecule has 0 spiro atoms. The zero-order valence-corrected chi connectivity index (χ0v) is 6.86. The summed E-state index contributed by atoms with van der Waals surface area (Å²) in [5.74, 6) is 0.559. The van der Waals surface area contributed by atoms with Crippen LogP contribution in [0.15, 0.2) is 31.0 Å². The van der Waals surface area contributed by atoms with Crippen LogP contribution in [0.2, 0.25) is 5.15 Å². The molecule has 2 aromatic heterocycles. The van der Waals surface area contributed by atoms with Crippen LogP contribution in [0.5, 0.6) is 0 Å². The van der Waals surface area contributed by atoms with E-state index in [1.54, 1.807) is 29.4 Å². The Bertz CT molecular complexity index is 371. The zero-order valence-electron chi connectivity index (χ0n) is 6.11. The SMILES string of the molecule is Clc1ccnc(-[n+]2cc[nH]c2)n1. The second-order valence-corrected chi connectivity index (χ2v) is 2.59. The van der Waals surface area contributed by atoms with E-state index in [9.17, 15) is 0 Å². The van der Waals surface area contributed by atoms with E-state index in [2.05, 4.69) is 15.0 Å². The fourth-order valence-corrected chi connectivity index (χ4v) is 0.998. The summed E-state index contributed by atoms with van der Waals surface area (Å²) in [6.07, 6.45) is 6.95. The van der Waals surface area contributed by atoms with Gasteiger partial charge in [0.2, 0.25) is 0 Å². The van der Waals surface area contributed by atoms with Crippen LogP contribution in [-0.4, -0.2) is 15.0 Å². The maximum atomic E-state index is 5.69. The molecular formula is C7H6ClN4+. The number of rotatable bonds is 1. The topological polar surface area (TPSA) is 45.5 Å². The highest BCUT2D eigenvalue weighted by atomic mass is 35.5. The number of nitrogens with zero attached hydrogens (tertiary/aromatic N) is 3. The van der Waals surface area contributed by atoms with Crippen LogP contribution in [-0.2, 0) is 0 Å². The van der Waals surface area contributed by atoms with Gasteiger partial charge in [0.25, 0.3) is 0 Å². The highest BCUT2D eigenvalue weighted by Gasteiger charge is 2.06. The fraction of sp³-hybridized carbons (Fsp3) is 0. The summed E-state index contributed by atoms with van der Waals surface area (Å²) in [5, 5.41) is 0.439. The first-order chi connectivity index (χ1) is 5.86. The average Bonchev–Trinajstić information content (AvgIpc) is 2.56. The Balaban J connectivity index is 2.48. The van der Waals surface area contributed by atoms with Crippen molar-refractivity contribution in [3.63, 3.8) is 0 Å². The molecule has 1 N–H and O–H groups in total. The number of aromatic amines is 1. The van der Waals surface area contributed by atoms with Crippen LogP contribution in [0, 0.1) is 0 Å². The summed E-state index contributed by atoms with van der Waals surface area (Å²) in [7, 11) is 0. The Morgan fingerprint density at radius 3 is 3.08 bits per heavy atom. The van der Waals surface area contributed by atoms with Crippen LogP contribution < -0.4 is 4.57 Å². The van der Waals surface area contributed by atoms with Gasteiger partial charge in [-0.15, -0.1) is 4.98 Å². The molecular weight excluding hydrogens is 176 g/mol. The van der Waals surface area contributed by atoms with E-state index in [1.165, 1.54) is 0 Å². The molecule has 0 saturated heterocycles. The Morgan fingerprint density at radius 1 is 1.50 bits per heavy atom. The number of halogens is 1. The van der Waals surface area contributed by atoms with Crippen molar-refractivity contribution in [2.45, 2.75) is 0 Å². The molecule has 2 aromatic rings. The third-order valence-electron chi connectivity index (χ3n) is 1.38. The van der Waals surface area contributed by atoms with Gasteiger partial charge in [-0.1, -0.05) is 4.98 Å². The second kappa shape index (κ2) is 2.91. The highest BCUT2D eigenvalue weighted by molar-refractivity contribution is 6.29. The lowest BCUT2D eigenvalue weighted by Gasteiger charge is -1.88. The third kappa shape index (κ3) is 1.29. The van der Waals surface area contributed by atoms with Gasteiger partial charge in [-0.2, -0.15) is 4.57 Å². The third-order valence-corrected chi connectivity index (χ3v) is 1.60. The number of hydrogen-bond donors (Lipinski definition) is 1. The van der Waals surface area contributed by atoms with Gasteiger partial charge in [-0.25, -0.2) is 0 Å². The molecule has 0 radical (unpaired) electrons. The Labute approximate surface area is 73.9 Å². The van der Waals surface area contributed by atoms with Gasteiger partial charge in [0.05, 0.1) is 18.6 Å². The molecule has 0 aliphatic carbocycles. The predicted octanol–water partition coefficient (Wildman–Crippen LogP) is 0.735. The van der Waals surface area contributed by atoms with Crippen molar-refractivity contribution in [3.05, 3.63) is 36.1 Å². The predicted molar refractivity (Wildman–Crippen MR) is 42.9 cm³/mol. The first-order valence-corrected chi connectivity index (χ1v) is 3.77. The molecule has 60 valence electrons. The molecule has 0 unspecified atom stereocenters. The lowest BCUT2D eigenvalue weighted by atomic mass is 10.7. The molecule has 0 saturated carbocycles. The van der Waals surface area contributed by atoms with E-state index in [-0.39, 0.29) is 0 Å². The molecule has 2 rings (SSSR count). The van der Waals surface area contributed by atoms with Crippen LogP contribution in [0.3, 0.4) is 0 Å². The Hall–Kier alpha value is -1.42. The van der Waals surface area contributed by atoms with Gasteiger partial charge in [0.1, 0.15) is 0 Å². The summed E-state index contributed by atoms with van der Waals surface area (Å²) >= 11 is 5.69. The average molecular weight is 182 g/mol. The quantitative estimate of drug-likeness (QED) is 0.521. The van der Waals surface area contributed by atoms with Crippen molar-refractivity contribution in [3.8, 4) is 5.95 Å². The maximum absolute atomic E-state index is 5.69. The molecule has 0 aliphatic heterocycles. The van der Waals surface area contributed by atoms with Crippen molar-refractivity contribution in [2.75, 3.05) is 0 Å². The molecule has 0 atom stereocenters. The van der Waals surface area contributed by atoms with Gasteiger partial charge in [0, 0.05) is 6.07 Å². The number of hydrogen-bond acceptors (Lipinski definition) is 2. The Morgan fingerprint density at radius 2 is 2.42 bits per heavy atom. The summed E-state index contributed by atoms with van der Waals surface area (Å²) in [5.41, 5.74) is 0. The number of nitrogens with one attached hydrogen (secondary N) is 1. The van der Waals surface area contributed by atoms with Crippen molar-refractivity contribution in [2.24, 2.45) is 0 Å². The van der Waals surface area contributed by atoms with Gasteiger partial charge < -0.3 is 0 Å². The van der Waals surface area contributed by atoms with E-state index in [1.807, 2.05) is 6.20 Å². The van der Waals surface area contributed by atoms with Crippen LogP contribution in [0.4, 0.5) is 0 Å². The first kappa shape index (κ1) is 7.24. The number of aromatic nitrogens is 4. The molecule has 0 fully saturated rings. The minimum Gasteiger partial charge on any atom is -0.300 e. The van der Waals surface area contributed by atoms with Crippen molar-refractivity contribution >= 4 is 11.6 Å². The lowest BCUT2D eigenvalue weighted by molar-refractivity contribution is -0.602. The summed E-state index contributed by atoms with van der Waals surface area (Å²) in [6, 6.07) is 1.64. The lowest BCUT2D eigenvalue weighted by Crippen LogP contribution is -2.29. The van der Waals surface area contributed by atoms with Gasteiger partial charge >= 0.3 is 5.95 Å². The van der Waals surface area contributed by atoms with Crippen LogP contribution in [0.25, 0.3) is 5.95 Å². The molecule has 5 heteroatoms. The summed E-state index contributed by atoms with van der Waals surface area (Å²) in [4.78, 5) is 10.9. The van der Waals surface area contributed by atoms with Crippen LogP contribution in [0.1, 0.15) is 0 Å². The van der Waals surface area contributed by atoms with Crippen molar-refractivity contribution < 1.29 is 4.57 Å². The first-order valence-electron chi connectivity index (χ1n) is 3.39. The van der Waals surface area contributed by atoms with E-state index in [0.29, 0.717) is 11.1 Å². The monoisotopic (exact) mass is 181 g/mol. The smallest absolute Gasteiger partial charge is 0.300 e. The summed E-state index contributed by atoms with van der Waals surface area (Å²) in [6.45, 7) is 0. The standard InChI is InChI=1S/C7H5ClN4/c8-6-1-2-10-7(11-6)12-4-3-9-5-12/h1-5H/p+1. The minimum absolute atomic E-state index is 0.439.